The second kappa shape index (κ2) is 5.00. The number of hydrogen-bond donors (Lipinski definition) is 1. The van der Waals surface area contributed by atoms with E-state index >= 15 is 0 Å². The monoisotopic (exact) mass is 287 g/mol. The summed E-state index contributed by atoms with van der Waals surface area (Å²) in [5.74, 6) is 0.0546. The molecule has 0 amide bonds. The maximum absolute atomic E-state index is 10.5. The topological polar surface area (TPSA) is 50.4 Å². The van der Waals surface area contributed by atoms with E-state index in [0.29, 0.717) is 11.3 Å². The van der Waals surface area contributed by atoms with Gasteiger partial charge in [-0.2, -0.15) is 9.61 Å². The molecule has 4 nitrogen and oxygen atoms in total. The summed E-state index contributed by atoms with van der Waals surface area (Å²) in [7, 11) is 0. The fourth-order valence-corrected chi connectivity index (χ4v) is 2.47. The van der Waals surface area contributed by atoms with Crippen LogP contribution in [0.5, 0.6) is 5.88 Å². The molecule has 0 spiro atoms. The Balaban J connectivity index is 1.89. The third kappa shape index (κ3) is 2.02. The molecule has 2 aromatic carbocycles. The molecule has 106 valence electrons. The van der Waals surface area contributed by atoms with E-state index in [1.54, 1.807) is 0 Å². The van der Waals surface area contributed by atoms with Gasteiger partial charge in [-0.05, 0) is 12.1 Å². The van der Waals surface area contributed by atoms with Crippen molar-refractivity contribution in [2.75, 3.05) is 0 Å². The first-order valence-corrected chi connectivity index (χ1v) is 7.02. The maximum atomic E-state index is 10.5. The molecule has 4 heteroatoms. The Morgan fingerprint density at radius 1 is 0.727 bits per heavy atom. The second-order valence-electron chi connectivity index (χ2n) is 5.00. The number of imidazole rings is 1. The van der Waals surface area contributed by atoms with Gasteiger partial charge in [0.15, 0.2) is 5.65 Å². The molecule has 4 rings (SSSR count). The Kier molecular flexibility index (Phi) is 2.86. The molecule has 0 saturated heterocycles. The van der Waals surface area contributed by atoms with E-state index < -0.39 is 0 Å². The number of aromatic nitrogens is 3. The average molecular weight is 287 g/mol. The Morgan fingerprint density at radius 2 is 1.36 bits per heavy atom. The van der Waals surface area contributed by atoms with Crippen molar-refractivity contribution in [1.29, 1.82) is 0 Å². The van der Waals surface area contributed by atoms with Crippen molar-refractivity contribution in [1.82, 2.24) is 14.6 Å². The summed E-state index contributed by atoms with van der Waals surface area (Å²) in [6.45, 7) is 0. The molecule has 0 saturated carbocycles. The van der Waals surface area contributed by atoms with Crippen molar-refractivity contribution < 1.29 is 5.11 Å². The standard InChI is InChI=1S/C18H13N3O/c22-18-17(14-9-5-2-6-10-14)19-16-12-11-15(20-21(16)18)13-7-3-1-4-8-13/h1-12,22H. The number of nitrogens with zero attached hydrogens (tertiary/aromatic N) is 3. The van der Waals surface area contributed by atoms with Crippen LogP contribution in [0.3, 0.4) is 0 Å². The van der Waals surface area contributed by atoms with Gasteiger partial charge >= 0.3 is 0 Å². The normalized spacial score (nSPS) is 10.9. The summed E-state index contributed by atoms with van der Waals surface area (Å²) >= 11 is 0. The highest BCUT2D eigenvalue weighted by Crippen LogP contribution is 2.29. The zero-order valence-corrected chi connectivity index (χ0v) is 11.7. The minimum atomic E-state index is 0.0546. The number of hydrogen-bond acceptors (Lipinski definition) is 3. The van der Waals surface area contributed by atoms with Crippen LogP contribution in [-0.2, 0) is 0 Å². The van der Waals surface area contributed by atoms with E-state index in [9.17, 15) is 5.11 Å². The van der Waals surface area contributed by atoms with Gasteiger partial charge in [-0.15, -0.1) is 0 Å². The largest absolute Gasteiger partial charge is 0.492 e. The Bertz CT molecular complexity index is 931. The van der Waals surface area contributed by atoms with Gasteiger partial charge in [0.05, 0.1) is 5.69 Å². The summed E-state index contributed by atoms with van der Waals surface area (Å²) in [5.41, 5.74) is 3.82. The Labute approximate surface area is 127 Å². The van der Waals surface area contributed by atoms with Crippen LogP contribution in [0.1, 0.15) is 0 Å². The van der Waals surface area contributed by atoms with Crippen molar-refractivity contribution in [3.8, 4) is 28.4 Å². The Hall–Kier alpha value is -3.14. The lowest BCUT2D eigenvalue weighted by atomic mass is 10.1. The highest BCUT2D eigenvalue weighted by atomic mass is 16.3. The molecular weight excluding hydrogens is 274 g/mol. The van der Waals surface area contributed by atoms with Gasteiger partial charge in [0, 0.05) is 11.1 Å². The van der Waals surface area contributed by atoms with Crippen LogP contribution in [0.4, 0.5) is 0 Å². The van der Waals surface area contributed by atoms with Crippen LogP contribution < -0.4 is 0 Å². The lowest BCUT2D eigenvalue weighted by molar-refractivity contribution is 0.441. The molecule has 2 aromatic heterocycles. The summed E-state index contributed by atoms with van der Waals surface area (Å²) in [5, 5.41) is 14.9. The summed E-state index contributed by atoms with van der Waals surface area (Å²) in [4.78, 5) is 4.47. The van der Waals surface area contributed by atoms with Crippen molar-refractivity contribution in [2.24, 2.45) is 0 Å². The van der Waals surface area contributed by atoms with E-state index in [2.05, 4.69) is 10.1 Å². The van der Waals surface area contributed by atoms with Gasteiger partial charge in [-0.3, -0.25) is 0 Å². The first-order chi connectivity index (χ1) is 10.8. The number of aromatic hydroxyl groups is 1. The van der Waals surface area contributed by atoms with Crippen molar-refractivity contribution >= 4 is 5.65 Å². The number of fused-ring (bicyclic) bond motifs is 1. The van der Waals surface area contributed by atoms with Gasteiger partial charge in [-0.1, -0.05) is 60.7 Å². The van der Waals surface area contributed by atoms with Gasteiger partial charge in [-0.25, -0.2) is 4.98 Å². The zero-order valence-electron chi connectivity index (χ0n) is 11.7. The van der Waals surface area contributed by atoms with E-state index in [0.717, 1.165) is 16.8 Å². The fourth-order valence-electron chi connectivity index (χ4n) is 2.47. The van der Waals surface area contributed by atoms with Crippen LogP contribution >= 0.6 is 0 Å². The molecular formula is C18H13N3O. The molecule has 22 heavy (non-hydrogen) atoms. The molecule has 0 aliphatic carbocycles. The molecule has 0 atom stereocenters. The van der Waals surface area contributed by atoms with Crippen molar-refractivity contribution in [3.05, 3.63) is 72.8 Å². The summed E-state index contributed by atoms with van der Waals surface area (Å²) < 4.78 is 1.48. The SMILES string of the molecule is Oc1c(-c2ccccc2)nc2ccc(-c3ccccc3)nn12. The van der Waals surface area contributed by atoms with Crippen molar-refractivity contribution in [3.63, 3.8) is 0 Å². The van der Waals surface area contributed by atoms with Gasteiger partial charge in [0.2, 0.25) is 5.88 Å². The third-order valence-electron chi connectivity index (χ3n) is 3.57. The van der Waals surface area contributed by atoms with Gasteiger partial charge < -0.3 is 5.11 Å². The average Bonchev–Trinajstić information content (AvgIpc) is 2.93. The molecule has 4 aromatic rings. The fraction of sp³-hybridized carbons (Fsp3) is 0. The predicted octanol–water partition coefficient (Wildman–Crippen LogP) is 3.77. The number of benzene rings is 2. The first-order valence-electron chi connectivity index (χ1n) is 7.02. The predicted molar refractivity (Wildman–Crippen MR) is 85.5 cm³/mol. The molecule has 2 heterocycles. The third-order valence-corrected chi connectivity index (χ3v) is 3.57. The van der Waals surface area contributed by atoms with Gasteiger partial charge in [0.25, 0.3) is 0 Å². The number of rotatable bonds is 2. The van der Waals surface area contributed by atoms with E-state index in [-0.39, 0.29) is 5.88 Å². The lowest BCUT2D eigenvalue weighted by Crippen LogP contribution is -1.93. The Morgan fingerprint density at radius 3 is 2.05 bits per heavy atom. The maximum Gasteiger partial charge on any atom is 0.241 e. The minimum absolute atomic E-state index is 0.0546. The zero-order chi connectivity index (χ0) is 14.9. The quantitative estimate of drug-likeness (QED) is 0.610. The van der Waals surface area contributed by atoms with Crippen LogP contribution in [-0.4, -0.2) is 19.7 Å². The second-order valence-corrected chi connectivity index (χ2v) is 5.00. The van der Waals surface area contributed by atoms with Crippen LogP contribution in [0, 0.1) is 0 Å². The molecule has 0 unspecified atom stereocenters. The van der Waals surface area contributed by atoms with Crippen LogP contribution in [0.2, 0.25) is 0 Å². The smallest absolute Gasteiger partial charge is 0.241 e. The van der Waals surface area contributed by atoms with E-state index in [1.165, 1.54) is 4.52 Å². The molecule has 1 N–H and O–H groups in total. The van der Waals surface area contributed by atoms with Crippen molar-refractivity contribution in [2.45, 2.75) is 0 Å². The molecule has 0 aliphatic heterocycles. The molecule has 0 aliphatic rings. The summed E-state index contributed by atoms with van der Waals surface area (Å²) in [6, 6.07) is 23.2. The highest BCUT2D eigenvalue weighted by Gasteiger charge is 2.14. The van der Waals surface area contributed by atoms with E-state index in [4.69, 9.17) is 0 Å². The minimum Gasteiger partial charge on any atom is -0.492 e. The van der Waals surface area contributed by atoms with Crippen LogP contribution in [0.25, 0.3) is 28.2 Å². The lowest BCUT2D eigenvalue weighted by Gasteiger charge is -2.01. The summed E-state index contributed by atoms with van der Waals surface area (Å²) in [6.07, 6.45) is 0. The first kappa shape index (κ1) is 12.6. The molecule has 0 radical (unpaired) electrons. The van der Waals surface area contributed by atoms with Gasteiger partial charge in [0.1, 0.15) is 5.69 Å². The highest BCUT2D eigenvalue weighted by molar-refractivity contribution is 5.69. The van der Waals surface area contributed by atoms with E-state index in [1.807, 2.05) is 72.8 Å². The van der Waals surface area contributed by atoms with Crippen LogP contribution in [0.15, 0.2) is 72.8 Å². The molecule has 0 bridgehead atoms. The molecule has 0 fully saturated rings.